The summed E-state index contributed by atoms with van der Waals surface area (Å²) in [5, 5.41) is 10.5. The Morgan fingerprint density at radius 3 is 2.76 bits per heavy atom. The van der Waals surface area contributed by atoms with Gasteiger partial charge in [-0.1, -0.05) is 0 Å². The number of hydrogen-bond donors (Lipinski definition) is 0. The number of nitriles is 1. The van der Waals surface area contributed by atoms with Gasteiger partial charge in [-0.2, -0.15) is 5.26 Å². The number of esters is 1. The maximum Gasteiger partial charge on any atom is 0.309 e. The Morgan fingerprint density at radius 1 is 1.36 bits per heavy atom. The average molecular weight is 340 g/mol. The van der Waals surface area contributed by atoms with Crippen molar-refractivity contribution in [3.8, 4) is 11.8 Å². The van der Waals surface area contributed by atoms with Gasteiger partial charge in [-0.05, 0) is 38.0 Å². The summed E-state index contributed by atoms with van der Waals surface area (Å²) in [4.78, 5) is 17.4. The molecule has 3 rings (SSSR count). The Morgan fingerprint density at radius 2 is 2.12 bits per heavy atom. The van der Waals surface area contributed by atoms with Gasteiger partial charge in [0.05, 0.1) is 32.7 Å². The molecule has 6 nitrogen and oxygen atoms in total. The summed E-state index contributed by atoms with van der Waals surface area (Å²) in [5.41, 5.74) is 1.52. The van der Waals surface area contributed by atoms with E-state index in [1.807, 2.05) is 31.2 Å². The van der Waals surface area contributed by atoms with Crippen molar-refractivity contribution in [3.05, 3.63) is 29.8 Å². The number of carbonyl (C=O) groups excluding carboxylic acids is 1. The van der Waals surface area contributed by atoms with Crippen molar-refractivity contribution in [2.24, 2.45) is 5.92 Å². The number of hydrogen-bond acceptors (Lipinski definition) is 5. The van der Waals surface area contributed by atoms with E-state index in [-0.39, 0.29) is 11.9 Å². The van der Waals surface area contributed by atoms with Crippen LogP contribution in [0, 0.1) is 17.2 Å². The van der Waals surface area contributed by atoms with E-state index in [4.69, 9.17) is 9.47 Å². The van der Waals surface area contributed by atoms with Gasteiger partial charge < -0.3 is 9.47 Å². The highest BCUT2D eigenvalue weighted by molar-refractivity contribution is 5.80. The molecule has 0 radical (unpaired) electrons. The van der Waals surface area contributed by atoms with Gasteiger partial charge in [0.1, 0.15) is 22.9 Å². The van der Waals surface area contributed by atoms with E-state index in [1.54, 1.807) is 7.11 Å². The summed E-state index contributed by atoms with van der Waals surface area (Å²) in [6, 6.07) is 9.89. The van der Waals surface area contributed by atoms with Gasteiger partial charge in [0.15, 0.2) is 0 Å². The van der Waals surface area contributed by atoms with Crippen LogP contribution in [0.5, 0.6) is 5.75 Å². The molecule has 0 spiro atoms. The number of piperidine rings is 1. The van der Waals surface area contributed by atoms with Gasteiger partial charge >= 0.3 is 5.97 Å². The molecule has 1 fully saturated rings. The number of carbonyl (C=O) groups is 1. The number of pyridine rings is 1. The first kappa shape index (κ1) is 17.0. The molecule has 0 aliphatic carbocycles. The molecule has 130 valence electrons. The normalized spacial score (nSPS) is 15.0. The number of ether oxygens (including phenoxy) is 2. The van der Waals surface area contributed by atoms with Gasteiger partial charge in [0, 0.05) is 11.5 Å². The van der Waals surface area contributed by atoms with E-state index in [2.05, 4.69) is 16.0 Å². The quantitative estimate of drug-likeness (QED) is 0.798. The highest BCUT2D eigenvalue weighted by atomic mass is 16.5. The van der Waals surface area contributed by atoms with E-state index in [1.165, 1.54) is 0 Å². The van der Waals surface area contributed by atoms with Crippen LogP contribution in [0.25, 0.3) is 10.9 Å². The molecule has 25 heavy (non-hydrogen) atoms. The molecule has 1 saturated heterocycles. The number of methoxy groups -OCH3 is 1. The van der Waals surface area contributed by atoms with Crippen molar-refractivity contribution in [2.45, 2.75) is 19.8 Å². The molecule has 1 aromatic carbocycles. The second-order valence-electron chi connectivity index (χ2n) is 6.11. The van der Waals surface area contributed by atoms with E-state index < -0.39 is 0 Å². The van der Waals surface area contributed by atoms with Crippen molar-refractivity contribution in [1.82, 2.24) is 0 Å². The Kier molecular flexibility index (Phi) is 5.03. The first-order valence-corrected chi connectivity index (χ1v) is 8.52. The number of rotatable bonds is 4. The lowest BCUT2D eigenvalue weighted by Crippen LogP contribution is -2.40. The zero-order chi connectivity index (χ0) is 17.8. The maximum absolute atomic E-state index is 11.9. The van der Waals surface area contributed by atoms with E-state index >= 15 is 0 Å². The van der Waals surface area contributed by atoms with Crippen molar-refractivity contribution in [2.75, 3.05) is 31.7 Å². The molecule has 0 unspecified atom stereocenters. The molecular weight excluding hydrogens is 318 g/mol. The lowest BCUT2D eigenvalue weighted by atomic mass is 9.96. The van der Waals surface area contributed by atoms with Gasteiger partial charge in [0.25, 0.3) is 5.82 Å². The average Bonchev–Trinajstić information content (AvgIpc) is 2.66. The highest BCUT2D eigenvalue weighted by Gasteiger charge is 2.32. The van der Waals surface area contributed by atoms with E-state index in [9.17, 15) is 10.1 Å². The number of aromatic amines is 1. The summed E-state index contributed by atoms with van der Waals surface area (Å²) >= 11 is 0. The van der Waals surface area contributed by atoms with Crippen LogP contribution in [0.3, 0.4) is 0 Å². The largest absolute Gasteiger partial charge is 0.497 e. The second kappa shape index (κ2) is 7.39. The van der Waals surface area contributed by atoms with Gasteiger partial charge in [-0.25, -0.2) is 4.98 Å². The van der Waals surface area contributed by atoms with Crippen molar-refractivity contribution in [1.29, 1.82) is 5.26 Å². The summed E-state index contributed by atoms with van der Waals surface area (Å²) < 4.78 is 10.4. The molecule has 0 atom stereocenters. The molecule has 0 amide bonds. The molecule has 0 saturated carbocycles. The molecular formula is C19H22N3O3+. The summed E-state index contributed by atoms with van der Waals surface area (Å²) in [6.07, 6.45) is 1.46. The second-order valence-corrected chi connectivity index (χ2v) is 6.11. The highest BCUT2D eigenvalue weighted by Crippen LogP contribution is 2.26. The summed E-state index contributed by atoms with van der Waals surface area (Å²) in [6.45, 7) is 3.66. The summed E-state index contributed by atoms with van der Waals surface area (Å²) in [5.74, 6) is 1.39. The van der Waals surface area contributed by atoms with Crippen LogP contribution in [0.1, 0.15) is 25.3 Å². The van der Waals surface area contributed by atoms with Crippen LogP contribution in [-0.4, -0.2) is 32.8 Å². The smallest absolute Gasteiger partial charge is 0.309 e. The third-order valence-corrected chi connectivity index (χ3v) is 4.62. The molecule has 1 aromatic heterocycles. The van der Waals surface area contributed by atoms with Crippen LogP contribution < -0.4 is 14.6 Å². The zero-order valence-corrected chi connectivity index (χ0v) is 14.5. The number of benzene rings is 1. The molecule has 2 aromatic rings. The molecule has 1 aliphatic rings. The van der Waals surface area contributed by atoms with Crippen molar-refractivity contribution in [3.63, 3.8) is 0 Å². The van der Waals surface area contributed by atoms with Crippen LogP contribution >= 0.6 is 0 Å². The fraction of sp³-hybridized carbons (Fsp3) is 0.421. The van der Waals surface area contributed by atoms with E-state index in [0.29, 0.717) is 25.3 Å². The predicted molar refractivity (Wildman–Crippen MR) is 93.3 cm³/mol. The van der Waals surface area contributed by atoms with Gasteiger partial charge in [-0.3, -0.25) is 9.69 Å². The minimum Gasteiger partial charge on any atom is -0.497 e. The fourth-order valence-electron chi connectivity index (χ4n) is 3.25. The molecule has 1 aliphatic heterocycles. The lowest BCUT2D eigenvalue weighted by Gasteiger charge is -2.26. The number of fused-ring (bicyclic) bond motifs is 1. The molecule has 6 heteroatoms. The predicted octanol–water partition coefficient (Wildman–Crippen LogP) is 2.31. The van der Waals surface area contributed by atoms with Crippen LogP contribution in [0.4, 0.5) is 5.82 Å². The third-order valence-electron chi connectivity index (χ3n) is 4.62. The number of aromatic nitrogens is 1. The number of anilines is 1. The first-order valence-electron chi connectivity index (χ1n) is 8.52. The monoisotopic (exact) mass is 340 g/mol. The van der Waals surface area contributed by atoms with E-state index in [0.717, 1.165) is 35.3 Å². The van der Waals surface area contributed by atoms with Gasteiger partial charge in [0.2, 0.25) is 0 Å². The topological polar surface area (TPSA) is 76.7 Å². The van der Waals surface area contributed by atoms with Crippen LogP contribution in [0.15, 0.2) is 24.3 Å². The van der Waals surface area contributed by atoms with Crippen molar-refractivity contribution < 1.29 is 19.3 Å². The van der Waals surface area contributed by atoms with Gasteiger partial charge in [-0.15, -0.1) is 0 Å². The molecule has 1 N–H and O–H groups in total. The Balaban J connectivity index is 1.85. The molecule has 2 heterocycles. The number of H-pyrrole nitrogens is 1. The minimum atomic E-state index is -0.116. The fourth-order valence-corrected chi connectivity index (χ4v) is 3.25. The van der Waals surface area contributed by atoms with Crippen LogP contribution in [-0.2, 0) is 9.53 Å². The Hall–Kier alpha value is -2.81. The lowest BCUT2D eigenvalue weighted by molar-refractivity contribution is -0.331. The SMILES string of the molecule is CCOC(=O)C1CCN(c2[nH+]c3cc(OC)ccc3cc2C#N)CC1. The minimum absolute atomic E-state index is 0.0534. The standard InChI is InChI=1S/C19H21N3O3/c1-3-25-19(23)13-6-8-22(9-7-13)18-15(12-20)10-14-4-5-16(24-2)11-17(14)21-18/h4-5,10-11,13H,3,6-9H2,1-2H3/p+1. The van der Waals surface area contributed by atoms with Crippen LogP contribution in [0.2, 0.25) is 0 Å². The Labute approximate surface area is 147 Å². The third kappa shape index (κ3) is 3.50. The summed E-state index contributed by atoms with van der Waals surface area (Å²) in [7, 11) is 1.63. The molecule has 0 bridgehead atoms. The number of nitrogens with zero attached hydrogens (tertiary/aromatic N) is 2. The maximum atomic E-state index is 11.9. The Bertz CT molecular complexity index is 821. The number of nitrogens with one attached hydrogen (secondary N) is 1. The zero-order valence-electron chi connectivity index (χ0n) is 14.5. The first-order chi connectivity index (χ1) is 12.2. The van der Waals surface area contributed by atoms with Crippen molar-refractivity contribution >= 4 is 22.7 Å².